The highest BCUT2D eigenvalue weighted by Crippen LogP contribution is 2.24. The number of para-hydroxylation sites is 1. The number of pyridine rings is 1. The molecule has 152 valence electrons. The summed E-state index contributed by atoms with van der Waals surface area (Å²) in [6, 6.07) is 18.4. The summed E-state index contributed by atoms with van der Waals surface area (Å²) in [6.45, 7) is 3.55. The van der Waals surface area contributed by atoms with Crippen LogP contribution in [0.25, 0.3) is 0 Å². The smallest absolute Gasteiger partial charge is 0.258 e. The minimum atomic E-state index is -0.115. The maximum Gasteiger partial charge on any atom is 0.258 e. The molecule has 7 heteroatoms. The van der Waals surface area contributed by atoms with Crippen LogP contribution in [-0.4, -0.2) is 30.6 Å². The molecule has 0 bridgehead atoms. The highest BCUT2D eigenvalue weighted by Gasteiger charge is 2.17. The van der Waals surface area contributed by atoms with Crippen molar-refractivity contribution in [3.8, 4) is 5.75 Å². The standard InChI is InChI=1S/C22H22ClN3O2.ClH/c1-2-26(20-6-4-3-5-7-20)22(27)17-14-18(23)16-21(15-17)28-13-12-25-19-8-10-24-11-9-19;/h3-11,14-16H,2,12-13H2,1H3,(H,24,25);1H. The second-order valence-corrected chi connectivity index (χ2v) is 6.51. The van der Waals surface area contributed by atoms with E-state index in [4.69, 9.17) is 16.3 Å². The van der Waals surface area contributed by atoms with E-state index in [1.807, 2.05) is 49.4 Å². The first kappa shape index (κ1) is 22.5. The Labute approximate surface area is 182 Å². The molecule has 0 aliphatic rings. The van der Waals surface area contributed by atoms with Gasteiger partial charge < -0.3 is 15.0 Å². The third-order valence-corrected chi connectivity index (χ3v) is 4.35. The molecule has 0 fully saturated rings. The average Bonchev–Trinajstić information content (AvgIpc) is 2.73. The van der Waals surface area contributed by atoms with Crippen LogP contribution in [0.3, 0.4) is 0 Å². The molecule has 0 unspecified atom stereocenters. The Morgan fingerprint density at radius 2 is 1.83 bits per heavy atom. The van der Waals surface area contributed by atoms with Gasteiger partial charge in [-0.2, -0.15) is 0 Å². The lowest BCUT2D eigenvalue weighted by molar-refractivity contribution is 0.0988. The third-order valence-electron chi connectivity index (χ3n) is 4.13. The molecule has 0 aliphatic heterocycles. The second-order valence-electron chi connectivity index (χ2n) is 6.07. The molecule has 29 heavy (non-hydrogen) atoms. The predicted molar refractivity (Wildman–Crippen MR) is 121 cm³/mol. The van der Waals surface area contributed by atoms with Gasteiger partial charge in [0.25, 0.3) is 5.91 Å². The highest BCUT2D eigenvalue weighted by atomic mass is 35.5. The Morgan fingerprint density at radius 1 is 1.10 bits per heavy atom. The van der Waals surface area contributed by atoms with Crippen LogP contribution in [0, 0.1) is 0 Å². The number of halogens is 2. The maximum absolute atomic E-state index is 13.0. The number of aromatic nitrogens is 1. The number of hydrogen-bond donors (Lipinski definition) is 1. The number of nitrogens with zero attached hydrogens (tertiary/aromatic N) is 2. The molecule has 1 N–H and O–H groups in total. The number of carbonyl (C=O) groups is 1. The summed E-state index contributed by atoms with van der Waals surface area (Å²) in [6.07, 6.45) is 3.45. The van der Waals surface area contributed by atoms with Gasteiger partial charge in [0.05, 0.1) is 0 Å². The summed E-state index contributed by atoms with van der Waals surface area (Å²) in [7, 11) is 0. The molecule has 2 aromatic carbocycles. The van der Waals surface area contributed by atoms with E-state index in [-0.39, 0.29) is 18.3 Å². The predicted octanol–water partition coefficient (Wildman–Crippen LogP) is 5.31. The quantitative estimate of drug-likeness (QED) is 0.490. The molecule has 0 saturated carbocycles. The van der Waals surface area contributed by atoms with Crippen molar-refractivity contribution in [2.24, 2.45) is 0 Å². The molecule has 0 saturated heterocycles. The van der Waals surface area contributed by atoms with Crippen LogP contribution in [0.15, 0.2) is 73.1 Å². The van der Waals surface area contributed by atoms with E-state index in [1.54, 1.807) is 35.5 Å². The van der Waals surface area contributed by atoms with Crippen molar-refractivity contribution < 1.29 is 9.53 Å². The lowest BCUT2D eigenvalue weighted by atomic mass is 10.1. The monoisotopic (exact) mass is 431 g/mol. The zero-order valence-electron chi connectivity index (χ0n) is 16.0. The third kappa shape index (κ3) is 6.38. The van der Waals surface area contributed by atoms with Gasteiger partial charge in [-0.3, -0.25) is 9.78 Å². The van der Waals surface area contributed by atoms with Gasteiger partial charge in [0.2, 0.25) is 0 Å². The van der Waals surface area contributed by atoms with Crippen molar-refractivity contribution in [1.29, 1.82) is 0 Å². The molecule has 1 heterocycles. The number of anilines is 2. The second kappa shape index (κ2) is 11.3. The molecule has 5 nitrogen and oxygen atoms in total. The maximum atomic E-state index is 13.0. The minimum Gasteiger partial charge on any atom is -0.492 e. The fourth-order valence-corrected chi connectivity index (χ4v) is 3.04. The van der Waals surface area contributed by atoms with Crippen LogP contribution in [0.4, 0.5) is 11.4 Å². The van der Waals surface area contributed by atoms with Crippen LogP contribution < -0.4 is 15.0 Å². The average molecular weight is 432 g/mol. The zero-order valence-corrected chi connectivity index (χ0v) is 17.6. The summed E-state index contributed by atoms with van der Waals surface area (Å²) in [5.74, 6) is 0.451. The van der Waals surface area contributed by atoms with Gasteiger partial charge in [0.15, 0.2) is 0 Å². The van der Waals surface area contributed by atoms with Gasteiger partial charge in [-0.15, -0.1) is 12.4 Å². The number of amides is 1. The number of benzene rings is 2. The summed E-state index contributed by atoms with van der Waals surface area (Å²) in [5, 5.41) is 3.71. The van der Waals surface area contributed by atoms with Crippen LogP contribution in [0.1, 0.15) is 17.3 Å². The van der Waals surface area contributed by atoms with E-state index in [1.165, 1.54) is 0 Å². The normalized spacial score (nSPS) is 10.0. The fraction of sp³-hybridized carbons (Fsp3) is 0.182. The summed E-state index contributed by atoms with van der Waals surface area (Å²) < 4.78 is 5.79. The molecular formula is C22H23Cl2N3O2. The van der Waals surface area contributed by atoms with E-state index in [0.29, 0.717) is 36.0 Å². The lowest BCUT2D eigenvalue weighted by Gasteiger charge is -2.21. The first-order valence-electron chi connectivity index (χ1n) is 9.11. The van der Waals surface area contributed by atoms with E-state index in [2.05, 4.69) is 10.3 Å². The van der Waals surface area contributed by atoms with Crippen LogP contribution >= 0.6 is 24.0 Å². The largest absolute Gasteiger partial charge is 0.492 e. The van der Waals surface area contributed by atoms with Gasteiger partial charge in [0.1, 0.15) is 12.4 Å². The van der Waals surface area contributed by atoms with Crippen LogP contribution in [0.5, 0.6) is 5.75 Å². The molecular weight excluding hydrogens is 409 g/mol. The van der Waals surface area contributed by atoms with Crippen molar-refractivity contribution in [1.82, 2.24) is 4.98 Å². The Morgan fingerprint density at radius 3 is 2.52 bits per heavy atom. The summed E-state index contributed by atoms with van der Waals surface area (Å²) >= 11 is 6.22. The molecule has 1 amide bonds. The number of nitrogens with one attached hydrogen (secondary N) is 1. The zero-order chi connectivity index (χ0) is 19.8. The van der Waals surface area contributed by atoms with Gasteiger partial charge >= 0.3 is 0 Å². The van der Waals surface area contributed by atoms with E-state index < -0.39 is 0 Å². The van der Waals surface area contributed by atoms with Crippen molar-refractivity contribution in [3.63, 3.8) is 0 Å². The first-order chi connectivity index (χ1) is 13.7. The van der Waals surface area contributed by atoms with Crippen molar-refractivity contribution in [3.05, 3.63) is 83.6 Å². The van der Waals surface area contributed by atoms with E-state index in [9.17, 15) is 4.79 Å². The number of rotatable bonds is 8. The number of hydrogen-bond acceptors (Lipinski definition) is 4. The highest BCUT2D eigenvalue weighted by molar-refractivity contribution is 6.31. The van der Waals surface area contributed by atoms with E-state index >= 15 is 0 Å². The summed E-state index contributed by atoms with van der Waals surface area (Å²) in [5.41, 5.74) is 2.32. The molecule has 0 spiro atoms. The van der Waals surface area contributed by atoms with Crippen molar-refractivity contribution in [2.45, 2.75) is 6.92 Å². The number of carbonyl (C=O) groups excluding carboxylic acids is 1. The Kier molecular flexibility index (Phi) is 8.77. The minimum absolute atomic E-state index is 0. The SMILES string of the molecule is CCN(C(=O)c1cc(Cl)cc(OCCNc2ccncc2)c1)c1ccccc1.Cl. The molecule has 3 rings (SSSR count). The Balaban J connectivity index is 0.00000300. The van der Waals surface area contributed by atoms with Crippen molar-refractivity contribution >= 4 is 41.3 Å². The topological polar surface area (TPSA) is 54.5 Å². The van der Waals surface area contributed by atoms with E-state index in [0.717, 1.165) is 11.4 Å². The summed E-state index contributed by atoms with van der Waals surface area (Å²) in [4.78, 5) is 18.7. The van der Waals surface area contributed by atoms with Gasteiger partial charge in [-0.1, -0.05) is 29.8 Å². The van der Waals surface area contributed by atoms with Gasteiger partial charge in [-0.25, -0.2) is 0 Å². The Bertz CT molecular complexity index is 908. The van der Waals surface area contributed by atoms with Crippen molar-refractivity contribution in [2.75, 3.05) is 29.9 Å². The van der Waals surface area contributed by atoms with Crippen LogP contribution in [-0.2, 0) is 0 Å². The fourth-order valence-electron chi connectivity index (χ4n) is 2.81. The Hall–Kier alpha value is -2.76. The molecule has 0 aliphatic carbocycles. The first-order valence-corrected chi connectivity index (χ1v) is 9.49. The lowest BCUT2D eigenvalue weighted by Crippen LogP contribution is -2.30. The van der Waals surface area contributed by atoms with Crippen LogP contribution in [0.2, 0.25) is 5.02 Å². The molecule has 0 radical (unpaired) electrons. The van der Waals surface area contributed by atoms with Gasteiger partial charge in [0, 0.05) is 47.4 Å². The molecule has 0 atom stereocenters. The molecule has 3 aromatic rings. The molecule has 1 aromatic heterocycles. The number of ether oxygens (including phenoxy) is 1. The van der Waals surface area contributed by atoms with Gasteiger partial charge in [-0.05, 0) is 49.4 Å².